The summed E-state index contributed by atoms with van der Waals surface area (Å²) in [5.41, 5.74) is 0.778. The summed E-state index contributed by atoms with van der Waals surface area (Å²) < 4.78 is 35.1. The Kier molecular flexibility index (Phi) is 4.71. The van der Waals surface area contributed by atoms with Crippen molar-refractivity contribution in [3.05, 3.63) is 53.5 Å². The number of nitrogens with zero attached hydrogens (tertiary/aromatic N) is 2. The number of nitriles is 1. The summed E-state index contributed by atoms with van der Waals surface area (Å²) in [5, 5.41) is 8.95. The topological polar surface area (TPSA) is 101 Å². The van der Waals surface area contributed by atoms with E-state index in [1.54, 1.807) is 18.2 Å². The Morgan fingerprint density at radius 1 is 1.39 bits per heavy atom. The van der Waals surface area contributed by atoms with E-state index in [1.807, 2.05) is 6.07 Å². The van der Waals surface area contributed by atoms with Crippen LogP contribution in [0.5, 0.6) is 0 Å². The molecule has 2 aromatic rings. The number of furan rings is 1. The van der Waals surface area contributed by atoms with Gasteiger partial charge in [0.1, 0.15) is 11.3 Å². The van der Waals surface area contributed by atoms with Gasteiger partial charge in [-0.3, -0.25) is 4.31 Å². The Bertz CT molecular complexity index is 864. The van der Waals surface area contributed by atoms with Crippen molar-refractivity contribution in [2.75, 3.05) is 17.7 Å². The third kappa shape index (κ3) is 3.70. The molecule has 0 atom stereocenters. The molecule has 0 aliphatic carbocycles. The maximum absolute atomic E-state index is 12.1. The average Bonchev–Trinajstić information content (AvgIpc) is 2.99. The molecule has 0 spiro atoms. The molecule has 0 fully saturated rings. The quantitative estimate of drug-likeness (QED) is 0.774. The van der Waals surface area contributed by atoms with Gasteiger partial charge in [-0.1, -0.05) is 6.07 Å². The lowest BCUT2D eigenvalue weighted by Crippen LogP contribution is -2.29. The van der Waals surface area contributed by atoms with E-state index >= 15 is 0 Å². The van der Waals surface area contributed by atoms with Gasteiger partial charge >= 0.3 is 5.97 Å². The largest absolute Gasteiger partial charge is 0.466 e. The molecule has 0 aliphatic rings. The van der Waals surface area contributed by atoms with E-state index < -0.39 is 16.0 Å². The molecule has 0 N–H and O–H groups in total. The zero-order valence-corrected chi connectivity index (χ0v) is 13.3. The van der Waals surface area contributed by atoms with Crippen LogP contribution in [0.1, 0.15) is 21.7 Å². The maximum atomic E-state index is 12.1. The molecule has 7 nitrogen and oxygen atoms in total. The fourth-order valence-corrected chi connectivity index (χ4v) is 2.86. The number of benzene rings is 1. The van der Waals surface area contributed by atoms with Gasteiger partial charge in [0.05, 0.1) is 43.5 Å². The lowest BCUT2D eigenvalue weighted by atomic mass is 10.2. The van der Waals surface area contributed by atoms with Gasteiger partial charge in [-0.05, 0) is 24.3 Å². The number of rotatable bonds is 5. The highest BCUT2D eigenvalue weighted by Gasteiger charge is 2.23. The van der Waals surface area contributed by atoms with Crippen molar-refractivity contribution in [2.45, 2.75) is 6.54 Å². The highest BCUT2D eigenvalue weighted by Crippen LogP contribution is 2.23. The first-order valence-electron chi connectivity index (χ1n) is 6.49. The summed E-state index contributed by atoms with van der Waals surface area (Å²) in [6, 6.07) is 9.51. The third-order valence-electron chi connectivity index (χ3n) is 3.10. The molecule has 2 rings (SSSR count). The van der Waals surface area contributed by atoms with Crippen LogP contribution in [0, 0.1) is 11.3 Å². The standard InChI is InChI=1S/C15H14N2O5S/c1-21-15(18)13-6-7-22-14(13)10-17(23(2,19)20)12-5-3-4-11(8-12)9-16/h3-8H,10H2,1-2H3. The molecule has 23 heavy (non-hydrogen) atoms. The number of ether oxygens (including phenoxy) is 1. The van der Waals surface area contributed by atoms with Crippen LogP contribution < -0.4 is 4.31 Å². The van der Waals surface area contributed by atoms with Crippen molar-refractivity contribution in [3.63, 3.8) is 0 Å². The van der Waals surface area contributed by atoms with Crippen molar-refractivity contribution in [1.29, 1.82) is 5.26 Å². The molecule has 0 bridgehead atoms. The molecule has 8 heteroatoms. The average molecular weight is 334 g/mol. The molecule has 0 unspecified atom stereocenters. The number of methoxy groups -OCH3 is 1. The second-order valence-corrected chi connectivity index (χ2v) is 6.59. The summed E-state index contributed by atoms with van der Waals surface area (Å²) in [7, 11) is -2.43. The van der Waals surface area contributed by atoms with E-state index in [-0.39, 0.29) is 17.9 Å². The zero-order chi connectivity index (χ0) is 17.0. The number of sulfonamides is 1. The zero-order valence-electron chi connectivity index (χ0n) is 12.5. The number of anilines is 1. The Morgan fingerprint density at radius 2 is 2.13 bits per heavy atom. The minimum absolute atomic E-state index is 0.151. The summed E-state index contributed by atoms with van der Waals surface area (Å²) >= 11 is 0. The Labute approximate surface area is 133 Å². The van der Waals surface area contributed by atoms with Gasteiger partial charge in [-0.25, -0.2) is 13.2 Å². The minimum atomic E-state index is -3.66. The van der Waals surface area contributed by atoms with Gasteiger partial charge in [0.2, 0.25) is 10.0 Å². The fraction of sp³-hybridized carbons (Fsp3) is 0.200. The molecule has 0 radical (unpaired) electrons. The summed E-state index contributed by atoms with van der Waals surface area (Å²) in [6.07, 6.45) is 2.32. The molecule has 0 aliphatic heterocycles. The van der Waals surface area contributed by atoms with Gasteiger partial charge in [-0.15, -0.1) is 0 Å². The van der Waals surface area contributed by atoms with Crippen LogP contribution in [0.25, 0.3) is 0 Å². The Balaban J connectivity index is 2.44. The summed E-state index contributed by atoms with van der Waals surface area (Å²) in [4.78, 5) is 11.7. The van der Waals surface area contributed by atoms with E-state index in [9.17, 15) is 13.2 Å². The van der Waals surface area contributed by atoms with Crippen LogP contribution >= 0.6 is 0 Å². The molecule has 0 saturated heterocycles. The first-order valence-corrected chi connectivity index (χ1v) is 8.34. The smallest absolute Gasteiger partial charge is 0.341 e. The van der Waals surface area contributed by atoms with E-state index in [0.29, 0.717) is 11.3 Å². The third-order valence-corrected chi connectivity index (χ3v) is 4.24. The van der Waals surface area contributed by atoms with Gasteiger partial charge in [0, 0.05) is 0 Å². The monoisotopic (exact) mass is 334 g/mol. The van der Waals surface area contributed by atoms with Crippen LogP contribution in [-0.4, -0.2) is 27.8 Å². The molecular weight excluding hydrogens is 320 g/mol. The van der Waals surface area contributed by atoms with Crippen molar-refractivity contribution >= 4 is 21.7 Å². The lowest BCUT2D eigenvalue weighted by Gasteiger charge is -2.21. The minimum Gasteiger partial charge on any atom is -0.466 e. The van der Waals surface area contributed by atoms with Crippen molar-refractivity contribution in [3.8, 4) is 6.07 Å². The highest BCUT2D eigenvalue weighted by atomic mass is 32.2. The predicted octanol–water partition coefficient (Wildman–Crippen LogP) is 1.90. The van der Waals surface area contributed by atoms with Crippen LogP contribution in [0.3, 0.4) is 0 Å². The summed E-state index contributed by atoms with van der Waals surface area (Å²) in [5.74, 6) is -0.461. The number of esters is 1. The van der Waals surface area contributed by atoms with Gasteiger partial charge < -0.3 is 9.15 Å². The van der Waals surface area contributed by atoms with E-state index in [0.717, 1.165) is 10.6 Å². The number of hydrogen-bond acceptors (Lipinski definition) is 6. The summed E-state index contributed by atoms with van der Waals surface area (Å²) in [6.45, 7) is -0.189. The number of hydrogen-bond donors (Lipinski definition) is 0. The second-order valence-electron chi connectivity index (χ2n) is 4.68. The molecule has 1 aromatic carbocycles. The lowest BCUT2D eigenvalue weighted by molar-refractivity contribution is 0.0598. The van der Waals surface area contributed by atoms with Gasteiger partial charge in [0.15, 0.2) is 0 Å². The molecule has 0 saturated carbocycles. The first kappa shape index (κ1) is 16.6. The maximum Gasteiger partial charge on any atom is 0.341 e. The molecular formula is C15H14N2O5S. The SMILES string of the molecule is COC(=O)c1ccoc1CN(c1cccc(C#N)c1)S(C)(=O)=O. The van der Waals surface area contributed by atoms with Crippen LogP contribution in [0.15, 0.2) is 41.0 Å². The van der Waals surface area contributed by atoms with E-state index in [4.69, 9.17) is 9.68 Å². The number of carbonyl (C=O) groups excluding carboxylic acids is 1. The van der Waals surface area contributed by atoms with E-state index in [1.165, 1.54) is 25.5 Å². The van der Waals surface area contributed by atoms with Gasteiger partial charge in [-0.2, -0.15) is 5.26 Å². The van der Waals surface area contributed by atoms with E-state index in [2.05, 4.69) is 4.74 Å². The van der Waals surface area contributed by atoms with Crippen LogP contribution in [-0.2, 0) is 21.3 Å². The molecule has 1 heterocycles. The molecule has 0 amide bonds. The highest BCUT2D eigenvalue weighted by molar-refractivity contribution is 7.92. The Morgan fingerprint density at radius 3 is 2.74 bits per heavy atom. The van der Waals surface area contributed by atoms with Gasteiger partial charge in [0.25, 0.3) is 0 Å². The predicted molar refractivity (Wildman–Crippen MR) is 82.2 cm³/mol. The van der Waals surface area contributed by atoms with Crippen molar-refractivity contribution < 1.29 is 22.4 Å². The Hall–Kier alpha value is -2.79. The number of carbonyl (C=O) groups is 1. The van der Waals surface area contributed by atoms with Crippen LogP contribution in [0.2, 0.25) is 0 Å². The normalized spacial score (nSPS) is 10.8. The van der Waals surface area contributed by atoms with Crippen molar-refractivity contribution in [2.24, 2.45) is 0 Å². The van der Waals surface area contributed by atoms with Crippen LogP contribution in [0.4, 0.5) is 5.69 Å². The van der Waals surface area contributed by atoms with Crippen molar-refractivity contribution in [1.82, 2.24) is 0 Å². The molecule has 120 valence electrons. The fourth-order valence-electron chi connectivity index (χ4n) is 2.02. The molecule has 1 aromatic heterocycles. The second kappa shape index (κ2) is 6.54. The first-order chi connectivity index (χ1) is 10.9.